The Bertz CT molecular complexity index is 6940. The average molecular weight is 1250 g/mol. The number of benzene rings is 16. The zero-order valence-corrected chi connectivity index (χ0v) is 52.9. The van der Waals surface area contributed by atoms with Crippen LogP contribution in [0.15, 0.2) is 315 Å². The van der Waals surface area contributed by atoms with Crippen molar-refractivity contribution in [2.24, 2.45) is 0 Å². The second kappa shape index (κ2) is 20.9. The molecule has 0 amide bonds. The molecule has 97 heavy (non-hydrogen) atoms. The first kappa shape index (κ1) is 53.8. The second-order valence-electron chi connectivity index (χ2n) is 25.5. The van der Waals surface area contributed by atoms with Crippen molar-refractivity contribution in [3.63, 3.8) is 0 Å². The van der Waals surface area contributed by atoms with E-state index in [1.54, 1.807) is 0 Å². The van der Waals surface area contributed by atoms with Gasteiger partial charge in [-0.05, 0) is 132 Å². The summed E-state index contributed by atoms with van der Waals surface area (Å²) in [5.74, 6) is 1.31. The van der Waals surface area contributed by atoms with Crippen molar-refractivity contribution in [1.29, 1.82) is 0 Å². The van der Waals surface area contributed by atoms with E-state index in [1.165, 1.54) is 84.8 Å². The highest BCUT2D eigenvalue weighted by molar-refractivity contribution is 7.27. The molecular formula is C90H52N6S. The van der Waals surface area contributed by atoms with Crippen LogP contribution in [-0.4, -0.2) is 29.1 Å². The summed E-state index contributed by atoms with van der Waals surface area (Å²) in [7, 11) is 0. The summed E-state index contributed by atoms with van der Waals surface area (Å²) in [6, 6.07) is 114. The van der Waals surface area contributed by atoms with E-state index in [0.29, 0.717) is 11.8 Å². The van der Waals surface area contributed by atoms with Gasteiger partial charge < -0.3 is 4.57 Å². The number of fused-ring (bicyclic) bond motifs is 24. The topological polar surface area (TPSA) is 61.4 Å². The van der Waals surface area contributed by atoms with E-state index in [9.17, 15) is 0 Å². The van der Waals surface area contributed by atoms with Gasteiger partial charge in [-0.25, -0.2) is 19.9 Å². The number of nitrogens with zero attached hydrogens (tertiary/aromatic N) is 6. The van der Waals surface area contributed by atoms with E-state index >= 15 is 0 Å². The van der Waals surface area contributed by atoms with Crippen LogP contribution in [-0.2, 0) is 0 Å². The van der Waals surface area contributed by atoms with E-state index in [0.717, 1.165) is 111 Å². The molecule has 0 spiro atoms. The van der Waals surface area contributed by atoms with Gasteiger partial charge in [0.05, 0.1) is 49.2 Å². The fourth-order valence-corrected chi connectivity index (χ4v) is 17.3. The van der Waals surface area contributed by atoms with Crippen LogP contribution in [0.3, 0.4) is 0 Å². The van der Waals surface area contributed by atoms with Crippen molar-refractivity contribution in [2.45, 2.75) is 0 Å². The Morgan fingerprint density at radius 2 is 0.742 bits per heavy atom. The van der Waals surface area contributed by atoms with Gasteiger partial charge in [0.2, 0.25) is 5.95 Å². The Morgan fingerprint density at radius 1 is 0.258 bits per heavy atom. The molecule has 0 bridgehead atoms. The van der Waals surface area contributed by atoms with Gasteiger partial charge in [0.25, 0.3) is 0 Å². The molecule has 0 radical (unpaired) electrons. The highest BCUT2D eigenvalue weighted by Gasteiger charge is 2.26. The molecule has 7 heteroatoms. The molecule has 5 heterocycles. The predicted molar refractivity (Wildman–Crippen MR) is 409 cm³/mol. The molecule has 0 fully saturated rings. The van der Waals surface area contributed by atoms with Crippen molar-refractivity contribution in [3.8, 4) is 67.8 Å². The van der Waals surface area contributed by atoms with Crippen molar-refractivity contribution in [1.82, 2.24) is 29.1 Å². The second-order valence-corrected chi connectivity index (χ2v) is 26.6. The summed E-state index contributed by atoms with van der Waals surface area (Å²) in [6.45, 7) is 0. The van der Waals surface area contributed by atoms with Gasteiger partial charge in [0.15, 0.2) is 5.82 Å². The quantitative estimate of drug-likeness (QED) is 0.149. The molecular weight excluding hydrogens is 1200 g/mol. The zero-order valence-electron chi connectivity index (χ0n) is 52.1. The van der Waals surface area contributed by atoms with Gasteiger partial charge in [-0.15, -0.1) is 11.3 Å². The molecule has 0 saturated carbocycles. The highest BCUT2D eigenvalue weighted by Crippen LogP contribution is 2.49. The molecule has 21 rings (SSSR count). The first-order valence-electron chi connectivity index (χ1n) is 33.0. The van der Waals surface area contributed by atoms with Gasteiger partial charge in [-0.1, -0.05) is 249 Å². The summed E-state index contributed by atoms with van der Waals surface area (Å²) in [5.41, 5.74) is 16.4. The SMILES string of the molecule is c1cc(-c2cccc(-c3nc(-c4cccc(-n5c6ccccc6c6c7c8ccccc8c8ccccc8c7ccc65)c4)nc4ccccc34)c2)cc(-c2cccc(-c3nc(-n4c5ccccc5c5c6ccccc6c6c7ccccc7sc6c54)nc4c3ccc3ccccc34)c2)c1. The molecule has 448 valence electrons. The third-order valence-corrected chi connectivity index (χ3v) is 21.4. The number of hydrogen-bond donors (Lipinski definition) is 0. The Hall–Kier alpha value is -12.7. The Morgan fingerprint density at radius 3 is 1.44 bits per heavy atom. The van der Waals surface area contributed by atoms with Gasteiger partial charge in [-0.3, -0.25) is 4.57 Å². The zero-order chi connectivity index (χ0) is 63.4. The molecule has 0 atom stereocenters. The lowest BCUT2D eigenvalue weighted by Gasteiger charge is -2.15. The smallest absolute Gasteiger partial charge is 0.235 e. The first-order valence-corrected chi connectivity index (χ1v) is 33.8. The van der Waals surface area contributed by atoms with E-state index in [-0.39, 0.29) is 0 Å². The Balaban J connectivity index is 0.678. The maximum atomic E-state index is 5.75. The van der Waals surface area contributed by atoms with Crippen LogP contribution in [0.5, 0.6) is 0 Å². The van der Waals surface area contributed by atoms with Crippen LogP contribution in [0.4, 0.5) is 0 Å². The summed E-state index contributed by atoms with van der Waals surface area (Å²) in [6.07, 6.45) is 0. The molecule has 16 aromatic carbocycles. The average Bonchev–Trinajstić information content (AvgIpc) is 1.58. The van der Waals surface area contributed by atoms with Gasteiger partial charge >= 0.3 is 0 Å². The van der Waals surface area contributed by atoms with Gasteiger partial charge in [0, 0.05) is 80.9 Å². The lowest BCUT2D eigenvalue weighted by atomic mass is 9.92. The molecule has 5 aromatic heterocycles. The molecule has 0 saturated heterocycles. The fourth-order valence-electron chi connectivity index (χ4n) is 16.0. The van der Waals surface area contributed by atoms with E-state index < -0.39 is 0 Å². The van der Waals surface area contributed by atoms with Gasteiger partial charge in [0.1, 0.15) is 0 Å². The van der Waals surface area contributed by atoms with Gasteiger partial charge in [-0.2, -0.15) is 0 Å². The van der Waals surface area contributed by atoms with Crippen LogP contribution in [0.1, 0.15) is 0 Å². The Labute approximate surface area is 559 Å². The minimum absolute atomic E-state index is 0.639. The van der Waals surface area contributed by atoms with Crippen molar-refractivity contribution >= 4 is 151 Å². The molecule has 0 N–H and O–H groups in total. The molecule has 0 unspecified atom stereocenters. The van der Waals surface area contributed by atoms with Crippen LogP contribution in [0, 0.1) is 0 Å². The number of thiophene rings is 1. The largest absolute Gasteiger partial charge is 0.309 e. The molecule has 0 aliphatic carbocycles. The van der Waals surface area contributed by atoms with E-state index in [1.807, 2.05) is 11.3 Å². The van der Waals surface area contributed by atoms with Crippen LogP contribution >= 0.6 is 11.3 Å². The fraction of sp³-hybridized carbons (Fsp3) is 0. The minimum Gasteiger partial charge on any atom is -0.309 e. The monoisotopic (exact) mass is 1250 g/mol. The summed E-state index contributed by atoms with van der Waals surface area (Å²) in [5, 5.41) is 21.7. The van der Waals surface area contributed by atoms with E-state index in [4.69, 9.17) is 19.9 Å². The van der Waals surface area contributed by atoms with Crippen LogP contribution < -0.4 is 0 Å². The van der Waals surface area contributed by atoms with Crippen LogP contribution in [0.25, 0.3) is 207 Å². The summed E-state index contributed by atoms with van der Waals surface area (Å²) in [4.78, 5) is 22.3. The van der Waals surface area contributed by atoms with Crippen molar-refractivity contribution in [2.75, 3.05) is 0 Å². The number of para-hydroxylation sites is 3. The lowest BCUT2D eigenvalue weighted by molar-refractivity contribution is 1.02. The molecule has 0 aliphatic heterocycles. The third-order valence-electron chi connectivity index (χ3n) is 20.2. The first-order chi connectivity index (χ1) is 48.1. The normalized spacial score (nSPS) is 12.1. The molecule has 6 nitrogen and oxygen atoms in total. The number of aromatic nitrogens is 6. The summed E-state index contributed by atoms with van der Waals surface area (Å²) < 4.78 is 7.25. The number of hydrogen-bond acceptors (Lipinski definition) is 5. The molecule has 21 aromatic rings. The Kier molecular flexibility index (Phi) is 11.6. The maximum absolute atomic E-state index is 5.75. The highest BCUT2D eigenvalue weighted by atomic mass is 32.1. The van der Waals surface area contributed by atoms with Crippen molar-refractivity contribution < 1.29 is 0 Å². The van der Waals surface area contributed by atoms with Crippen molar-refractivity contribution in [3.05, 3.63) is 315 Å². The lowest BCUT2D eigenvalue weighted by Crippen LogP contribution is -2.04. The third kappa shape index (κ3) is 8.07. The maximum Gasteiger partial charge on any atom is 0.235 e. The standard InChI is InChI=1S/C90H52N6S/c1-2-30-62-53(21-1)45-46-74-85(93-90(94-86(62)74)96-77-43-15-10-38-71(77)81-67-35-7-8-36-68(67)82-73-40-12-16-44-79(73)97-88(82)87(81)96)59-27-19-25-57(51-59)55-23-17-22-54(49-55)56-24-18-26-58(50-56)84-70-37-9-13-41-75(70)91-89(92-84)60-28-20-29-61(52-60)95-76-42-14-11-39-72(76)83-78(95)48-47-69-65-33-4-3-31-63(65)64-32-5-6-34-66(64)80(69)83/h1-52H. The van der Waals surface area contributed by atoms with Crippen LogP contribution in [0.2, 0.25) is 0 Å². The summed E-state index contributed by atoms with van der Waals surface area (Å²) >= 11 is 1.85. The number of rotatable bonds is 7. The predicted octanol–water partition coefficient (Wildman–Crippen LogP) is 24.2. The van der Waals surface area contributed by atoms with E-state index in [2.05, 4.69) is 325 Å². The minimum atomic E-state index is 0.639. The molecule has 0 aliphatic rings.